The summed E-state index contributed by atoms with van der Waals surface area (Å²) < 4.78 is 10.5. The summed E-state index contributed by atoms with van der Waals surface area (Å²) in [5, 5.41) is 3.46. The van der Waals surface area contributed by atoms with Gasteiger partial charge in [-0.1, -0.05) is 29.3 Å². The van der Waals surface area contributed by atoms with E-state index in [-0.39, 0.29) is 5.91 Å². The Balaban J connectivity index is 1.77. The van der Waals surface area contributed by atoms with E-state index in [2.05, 4.69) is 10.2 Å². The van der Waals surface area contributed by atoms with E-state index in [4.69, 9.17) is 32.7 Å². The highest BCUT2D eigenvalue weighted by molar-refractivity contribution is 6.37. The van der Waals surface area contributed by atoms with Crippen LogP contribution >= 0.6 is 23.2 Å². The van der Waals surface area contributed by atoms with E-state index < -0.39 is 0 Å². The number of hydrogen-bond acceptors (Lipinski definition) is 4. The van der Waals surface area contributed by atoms with Gasteiger partial charge in [0.15, 0.2) is 5.75 Å². The number of benzene rings is 2. The average molecular weight is 381 g/mol. The van der Waals surface area contributed by atoms with E-state index in [0.717, 1.165) is 18.8 Å². The second kappa shape index (κ2) is 7.95. The van der Waals surface area contributed by atoms with Gasteiger partial charge in [0.2, 0.25) is 0 Å². The third-order valence-electron chi connectivity index (χ3n) is 3.94. The Hall–Kier alpha value is -1.95. The Kier molecular flexibility index (Phi) is 5.68. The van der Waals surface area contributed by atoms with Crippen molar-refractivity contribution in [3.05, 3.63) is 52.0 Å². The molecule has 0 aliphatic carbocycles. The second-order valence-corrected chi connectivity index (χ2v) is 6.39. The maximum absolute atomic E-state index is 12.5. The Morgan fingerprint density at radius 3 is 2.48 bits per heavy atom. The summed E-state index contributed by atoms with van der Waals surface area (Å²) in [6.07, 6.45) is 0. The molecular formula is C18H18Cl2N2O3. The summed E-state index contributed by atoms with van der Waals surface area (Å²) >= 11 is 12.2. The van der Waals surface area contributed by atoms with Crippen LogP contribution in [0.4, 0.5) is 11.4 Å². The molecule has 1 heterocycles. The van der Waals surface area contributed by atoms with Crippen molar-refractivity contribution >= 4 is 40.5 Å². The predicted molar refractivity (Wildman–Crippen MR) is 100 cm³/mol. The van der Waals surface area contributed by atoms with Crippen LogP contribution in [0.5, 0.6) is 5.75 Å². The number of anilines is 2. The van der Waals surface area contributed by atoms with E-state index in [9.17, 15) is 4.79 Å². The van der Waals surface area contributed by atoms with Crippen LogP contribution < -0.4 is 15.0 Å². The van der Waals surface area contributed by atoms with Gasteiger partial charge in [0.25, 0.3) is 5.91 Å². The Bertz CT molecular complexity index is 754. The smallest absolute Gasteiger partial charge is 0.255 e. The van der Waals surface area contributed by atoms with Crippen molar-refractivity contribution in [2.45, 2.75) is 0 Å². The molecule has 1 amide bonds. The lowest BCUT2D eigenvalue weighted by Gasteiger charge is -2.29. The van der Waals surface area contributed by atoms with Gasteiger partial charge in [-0.3, -0.25) is 4.79 Å². The molecule has 132 valence electrons. The SMILES string of the molecule is COc1c(Cl)cc(C(=O)Nc2cccc(N3CCOCC3)c2)cc1Cl. The molecule has 1 N–H and O–H groups in total. The molecule has 0 unspecified atom stereocenters. The standard InChI is InChI=1S/C18H18Cl2N2O3/c1-24-17-15(19)9-12(10-16(17)20)18(23)21-13-3-2-4-14(11-13)22-5-7-25-8-6-22/h2-4,9-11H,5-8H2,1H3,(H,21,23). The molecule has 1 saturated heterocycles. The largest absolute Gasteiger partial charge is 0.494 e. The average Bonchev–Trinajstić information content (AvgIpc) is 2.62. The monoisotopic (exact) mass is 380 g/mol. The highest BCUT2D eigenvalue weighted by atomic mass is 35.5. The Morgan fingerprint density at radius 1 is 1.16 bits per heavy atom. The number of carbonyl (C=O) groups is 1. The number of rotatable bonds is 4. The molecule has 25 heavy (non-hydrogen) atoms. The van der Waals surface area contributed by atoms with Gasteiger partial charge in [-0.2, -0.15) is 0 Å². The second-order valence-electron chi connectivity index (χ2n) is 5.58. The molecule has 2 aromatic rings. The zero-order valence-corrected chi connectivity index (χ0v) is 15.2. The molecule has 3 rings (SSSR count). The van der Waals surface area contributed by atoms with Crippen LogP contribution in [0.2, 0.25) is 10.0 Å². The van der Waals surface area contributed by atoms with Crippen molar-refractivity contribution in [3.8, 4) is 5.75 Å². The van der Waals surface area contributed by atoms with E-state index in [0.29, 0.717) is 40.3 Å². The number of nitrogens with one attached hydrogen (secondary N) is 1. The maximum Gasteiger partial charge on any atom is 0.255 e. The lowest BCUT2D eigenvalue weighted by atomic mass is 10.2. The number of hydrogen-bond donors (Lipinski definition) is 1. The lowest BCUT2D eigenvalue weighted by molar-refractivity contribution is 0.102. The molecule has 1 aliphatic rings. The van der Waals surface area contributed by atoms with Crippen LogP contribution in [-0.2, 0) is 4.74 Å². The summed E-state index contributed by atoms with van der Waals surface area (Å²) in [5.74, 6) is 0.0692. The molecule has 5 nitrogen and oxygen atoms in total. The number of nitrogens with zero attached hydrogens (tertiary/aromatic N) is 1. The minimum atomic E-state index is -0.286. The number of ether oxygens (including phenoxy) is 2. The van der Waals surface area contributed by atoms with Crippen LogP contribution in [0.25, 0.3) is 0 Å². The summed E-state index contributed by atoms with van der Waals surface area (Å²) in [6.45, 7) is 3.08. The van der Waals surface area contributed by atoms with Gasteiger partial charge in [0, 0.05) is 30.0 Å². The van der Waals surface area contributed by atoms with Crippen molar-refractivity contribution < 1.29 is 14.3 Å². The zero-order chi connectivity index (χ0) is 17.8. The lowest BCUT2D eigenvalue weighted by Crippen LogP contribution is -2.36. The van der Waals surface area contributed by atoms with Crippen molar-refractivity contribution in [1.29, 1.82) is 0 Å². The van der Waals surface area contributed by atoms with E-state index in [1.807, 2.05) is 24.3 Å². The van der Waals surface area contributed by atoms with Crippen molar-refractivity contribution in [2.24, 2.45) is 0 Å². The molecule has 1 aliphatic heterocycles. The van der Waals surface area contributed by atoms with E-state index >= 15 is 0 Å². The number of halogens is 2. The number of morpholine rings is 1. The fourth-order valence-electron chi connectivity index (χ4n) is 2.69. The summed E-state index contributed by atoms with van der Waals surface area (Å²) in [5.41, 5.74) is 2.12. The van der Waals surface area contributed by atoms with Gasteiger partial charge in [-0.25, -0.2) is 0 Å². The van der Waals surface area contributed by atoms with Gasteiger partial charge in [0.1, 0.15) is 0 Å². The maximum atomic E-state index is 12.5. The molecule has 0 bridgehead atoms. The molecule has 0 spiro atoms. The van der Waals surface area contributed by atoms with Gasteiger partial charge < -0.3 is 19.7 Å². The van der Waals surface area contributed by atoms with Crippen LogP contribution in [0.15, 0.2) is 36.4 Å². The molecule has 7 heteroatoms. The molecule has 0 atom stereocenters. The summed E-state index contributed by atoms with van der Waals surface area (Å²) in [7, 11) is 1.48. The van der Waals surface area contributed by atoms with Crippen molar-refractivity contribution in [1.82, 2.24) is 0 Å². The van der Waals surface area contributed by atoms with Gasteiger partial charge in [0.05, 0.1) is 30.4 Å². The van der Waals surface area contributed by atoms with Crippen LogP contribution in [-0.4, -0.2) is 39.3 Å². The van der Waals surface area contributed by atoms with Crippen molar-refractivity contribution in [2.75, 3.05) is 43.6 Å². The van der Waals surface area contributed by atoms with E-state index in [1.165, 1.54) is 19.2 Å². The van der Waals surface area contributed by atoms with Gasteiger partial charge in [-0.05, 0) is 30.3 Å². The van der Waals surface area contributed by atoms with E-state index in [1.54, 1.807) is 0 Å². The minimum absolute atomic E-state index is 0.286. The third-order valence-corrected chi connectivity index (χ3v) is 4.51. The van der Waals surface area contributed by atoms with Gasteiger partial charge in [-0.15, -0.1) is 0 Å². The Morgan fingerprint density at radius 2 is 1.84 bits per heavy atom. The normalized spacial score (nSPS) is 14.3. The van der Waals surface area contributed by atoms with Crippen LogP contribution in [0, 0.1) is 0 Å². The highest BCUT2D eigenvalue weighted by Gasteiger charge is 2.15. The first kappa shape index (κ1) is 17.9. The van der Waals surface area contributed by atoms with Crippen molar-refractivity contribution in [3.63, 3.8) is 0 Å². The third kappa shape index (κ3) is 4.18. The molecule has 0 aromatic heterocycles. The van der Waals surface area contributed by atoms with Crippen LogP contribution in [0.3, 0.4) is 0 Å². The molecular weight excluding hydrogens is 363 g/mol. The summed E-state index contributed by atoms with van der Waals surface area (Å²) in [6, 6.07) is 10.8. The van der Waals surface area contributed by atoms with Crippen LogP contribution in [0.1, 0.15) is 10.4 Å². The Labute approximate surface area is 156 Å². The highest BCUT2D eigenvalue weighted by Crippen LogP contribution is 2.34. The van der Waals surface area contributed by atoms with Gasteiger partial charge >= 0.3 is 0 Å². The first-order valence-corrected chi connectivity index (χ1v) is 8.61. The molecule has 0 radical (unpaired) electrons. The first-order valence-electron chi connectivity index (χ1n) is 7.85. The minimum Gasteiger partial charge on any atom is -0.494 e. The molecule has 2 aromatic carbocycles. The fourth-order valence-corrected chi connectivity index (χ4v) is 3.33. The zero-order valence-electron chi connectivity index (χ0n) is 13.7. The first-order chi connectivity index (χ1) is 12.1. The number of methoxy groups -OCH3 is 1. The molecule has 0 saturated carbocycles. The molecule has 1 fully saturated rings. The quantitative estimate of drug-likeness (QED) is 0.867. The number of amides is 1. The number of carbonyl (C=O) groups excluding carboxylic acids is 1. The summed E-state index contributed by atoms with van der Waals surface area (Å²) in [4.78, 5) is 14.7. The fraction of sp³-hybridized carbons (Fsp3) is 0.278. The topological polar surface area (TPSA) is 50.8 Å². The predicted octanol–water partition coefficient (Wildman–Crippen LogP) is 4.09.